The number of nitrogens with one attached hydrogen (secondary N) is 1. The Balaban J connectivity index is 1.69. The molecule has 1 amide bonds. The molecule has 4 atom stereocenters. The number of fused-ring (bicyclic) bond motifs is 2. The van der Waals surface area contributed by atoms with Crippen molar-refractivity contribution in [1.82, 2.24) is 5.32 Å². The van der Waals surface area contributed by atoms with Crippen molar-refractivity contribution >= 4 is 11.9 Å². The molecule has 2 bridgehead atoms. The van der Waals surface area contributed by atoms with Gasteiger partial charge in [-0.25, -0.2) is 4.79 Å². The maximum atomic E-state index is 11.8. The highest BCUT2D eigenvalue weighted by Gasteiger charge is 2.42. The number of amides is 1. The Labute approximate surface area is 100 Å². The molecule has 0 spiro atoms. The first-order chi connectivity index (χ1) is 8.08. The second kappa shape index (κ2) is 5.04. The van der Waals surface area contributed by atoms with Crippen LogP contribution in [0.5, 0.6) is 0 Å². The second-order valence-electron chi connectivity index (χ2n) is 5.22. The largest absolute Gasteiger partial charge is 0.479 e. The number of carbonyl (C=O) groups is 2. The van der Waals surface area contributed by atoms with E-state index >= 15 is 0 Å². The van der Waals surface area contributed by atoms with Gasteiger partial charge in [0, 0.05) is 18.9 Å². The molecule has 2 fully saturated rings. The van der Waals surface area contributed by atoms with Gasteiger partial charge in [-0.05, 0) is 31.1 Å². The molecule has 0 saturated heterocycles. The lowest BCUT2D eigenvalue weighted by atomic mass is 9.88. The quantitative estimate of drug-likeness (QED) is 0.649. The molecular formula is C12H19NO4. The molecule has 0 radical (unpaired) electrons. The van der Waals surface area contributed by atoms with E-state index in [4.69, 9.17) is 10.2 Å². The molecule has 5 nitrogen and oxygen atoms in total. The molecule has 0 heterocycles. The van der Waals surface area contributed by atoms with Crippen molar-refractivity contribution in [1.29, 1.82) is 0 Å². The first kappa shape index (κ1) is 12.4. The molecule has 0 aliphatic heterocycles. The first-order valence-corrected chi connectivity index (χ1v) is 6.26. The van der Waals surface area contributed by atoms with Gasteiger partial charge in [0.25, 0.3) is 0 Å². The molecule has 0 aromatic carbocycles. The standard InChI is InChI=1S/C12H19NO4/c14-10(12(16)17)3-4-13-11(15)9-6-7-1-2-8(9)5-7/h7-10,14H,1-6H2,(H,13,15)(H,16,17). The molecule has 0 aromatic heterocycles. The molecule has 0 aromatic rings. The van der Waals surface area contributed by atoms with E-state index in [1.54, 1.807) is 0 Å². The minimum atomic E-state index is -1.38. The van der Waals surface area contributed by atoms with Gasteiger partial charge in [0.1, 0.15) is 0 Å². The third-order valence-corrected chi connectivity index (χ3v) is 4.08. The zero-order valence-corrected chi connectivity index (χ0v) is 9.76. The summed E-state index contributed by atoms with van der Waals surface area (Å²) in [5.41, 5.74) is 0. The van der Waals surface area contributed by atoms with Crippen LogP contribution in [0.1, 0.15) is 32.1 Å². The minimum absolute atomic E-state index is 0.0368. The van der Waals surface area contributed by atoms with Crippen molar-refractivity contribution in [3.63, 3.8) is 0 Å². The number of rotatable bonds is 5. The van der Waals surface area contributed by atoms with Gasteiger partial charge in [0.05, 0.1) is 0 Å². The lowest BCUT2D eigenvalue weighted by molar-refractivity contribution is -0.147. The van der Waals surface area contributed by atoms with Gasteiger partial charge >= 0.3 is 5.97 Å². The maximum absolute atomic E-state index is 11.8. The Hall–Kier alpha value is -1.10. The summed E-state index contributed by atoms with van der Waals surface area (Å²) in [7, 11) is 0. The number of hydrogen-bond acceptors (Lipinski definition) is 3. The summed E-state index contributed by atoms with van der Waals surface area (Å²) in [5.74, 6) is 0.175. The van der Waals surface area contributed by atoms with Crippen molar-refractivity contribution in [3.8, 4) is 0 Å². The average molecular weight is 241 g/mol. The minimum Gasteiger partial charge on any atom is -0.479 e. The Bertz CT molecular complexity index is 318. The Morgan fingerprint density at radius 3 is 2.59 bits per heavy atom. The maximum Gasteiger partial charge on any atom is 0.332 e. The smallest absolute Gasteiger partial charge is 0.332 e. The van der Waals surface area contributed by atoms with E-state index in [9.17, 15) is 9.59 Å². The van der Waals surface area contributed by atoms with Crippen LogP contribution < -0.4 is 5.32 Å². The van der Waals surface area contributed by atoms with E-state index in [1.165, 1.54) is 12.8 Å². The molecular weight excluding hydrogens is 222 g/mol. The van der Waals surface area contributed by atoms with Gasteiger partial charge in [0.15, 0.2) is 6.10 Å². The van der Waals surface area contributed by atoms with Crippen molar-refractivity contribution in [2.75, 3.05) is 6.54 Å². The summed E-state index contributed by atoms with van der Waals surface area (Å²) >= 11 is 0. The highest BCUT2D eigenvalue weighted by molar-refractivity contribution is 5.79. The van der Waals surface area contributed by atoms with E-state index < -0.39 is 12.1 Å². The average Bonchev–Trinajstić information content (AvgIpc) is 2.90. The second-order valence-corrected chi connectivity index (χ2v) is 5.22. The van der Waals surface area contributed by atoms with E-state index in [1.807, 2.05) is 0 Å². The van der Waals surface area contributed by atoms with Crippen LogP contribution in [0.3, 0.4) is 0 Å². The lowest BCUT2D eigenvalue weighted by Crippen LogP contribution is -2.36. The van der Waals surface area contributed by atoms with E-state index in [0.29, 0.717) is 5.92 Å². The van der Waals surface area contributed by atoms with Crippen molar-refractivity contribution in [3.05, 3.63) is 0 Å². The molecule has 2 aliphatic carbocycles. The predicted molar refractivity (Wildman–Crippen MR) is 60.2 cm³/mol. The summed E-state index contributed by atoms with van der Waals surface area (Å²) in [5, 5.41) is 20.3. The van der Waals surface area contributed by atoms with Crippen molar-refractivity contribution in [2.24, 2.45) is 17.8 Å². The topological polar surface area (TPSA) is 86.6 Å². The van der Waals surface area contributed by atoms with Gasteiger partial charge in [0.2, 0.25) is 5.91 Å². The number of aliphatic hydroxyl groups is 1. The number of carboxylic acids is 1. The fraction of sp³-hybridized carbons (Fsp3) is 0.833. The van der Waals surface area contributed by atoms with Crippen LogP contribution in [0.4, 0.5) is 0 Å². The number of aliphatic hydroxyl groups excluding tert-OH is 1. The number of carbonyl (C=O) groups excluding carboxylic acids is 1. The third kappa shape index (κ3) is 2.77. The predicted octanol–water partition coefficient (Wildman–Crippen LogP) is 0.374. The van der Waals surface area contributed by atoms with Gasteiger partial charge in [-0.3, -0.25) is 4.79 Å². The molecule has 2 saturated carbocycles. The molecule has 96 valence electrons. The van der Waals surface area contributed by atoms with Crippen LogP contribution in [0.25, 0.3) is 0 Å². The fourth-order valence-corrected chi connectivity index (χ4v) is 3.15. The molecule has 3 N–H and O–H groups in total. The summed E-state index contributed by atoms with van der Waals surface area (Å²) in [6, 6.07) is 0. The summed E-state index contributed by atoms with van der Waals surface area (Å²) < 4.78 is 0. The van der Waals surface area contributed by atoms with Gasteiger partial charge in [-0.1, -0.05) is 6.42 Å². The molecule has 5 heteroatoms. The Morgan fingerprint density at radius 1 is 1.29 bits per heavy atom. The summed E-state index contributed by atoms with van der Waals surface area (Å²) in [4.78, 5) is 22.2. The van der Waals surface area contributed by atoms with E-state index in [2.05, 4.69) is 5.32 Å². The zero-order chi connectivity index (χ0) is 12.4. The van der Waals surface area contributed by atoms with Crippen LogP contribution in [-0.4, -0.2) is 34.7 Å². The van der Waals surface area contributed by atoms with E-state index in [0.717, 1.165) is 18.8 Å². The molecule has 4 unspecified atom stereocenters. The lowest BCUT2D eigenvalue weighted by Gasteiger charge is -2.20. The first-order valence-electron chi connectivity index (χ1n) is 6.26. The Morgan fingerprint density at radius 2 is 2.06 bits per heavy atom. The van der Waals surface area contributed by atoms with Gasteiger partial charge < -0.3 is 15.5 Å². The monoisotopic (exact) mass is 241 g/mol. The number of carboxylic acid groups (broad SMARTS) is 1. The highest BCUT2D eigenvalue weighted by Crippen LogP contribution is 2.48. The van der Waals surface area contributed by atoms with Crippen LogP contribution in [0.2, 0.25) is 0 Å². The van der Waals surface area contributed by atoms with Crippen LogP contribution in [0.15, 0.2) is 0 Å². The SMILES string of the molecule is O=C(O)C(O)CCNC(=O)C1CC2CCC1C2. The highest BCUT2D eigenvalue weighted by atomic mass is 16.4. The van der Waals surface area contributed by atoms with Crippen LogP contribution in [0, 0.1) is 17.8 Å². The number of aliphatic carboxylic acids is 1. The van der Waals surface area contributed by atoms with Gasteiger partial charge in [-0.2, -0.15) is 0 Å². The normalized spacial score (nSPS) is 32.4. The molecule has 2 aliphatic rings. The molecule has 2 rings (SSSR count). The van der Waals surface area contributed by atoms with E-state index in [-0.39, 0.29) is 24.8 Å². The summed E-state index contributed by atoms with van der Waals surface area (Å²) in [6.07, 6.45) is 3.26. The fourth-order valence-electron chi connectivity index (χ4n) is 3.15. The van der Waals surface area contributed by atoms with Crippen LogP contribution >= 0.6 is 0 Å². The zero-order valence-electron chi connectivity index (χ0n) is 9.76. The van der Waals surface area contributed by atoms with Gasteiger partial charge in [-0.15, -0.1) is 0 Å². The van der Waals surface area contributed by atoms with Crippen LogP contribution in [-0.2, 0) is 9.59 Å². The van der Waals surface area contributed by atoms with Crippen molar-refractivity contribution < 1.29 is 19.8 Å². The van der Waals surface area contributed by atoms with Crippen molar-refractivity contribution in [2.45, 2.75) is 38.2 Å². The summed E-state index contributed by atoms with van der Waals surface area (Å²) in [6.45, 7) is 0.236. The third-order valence-electron chi connectivity index (χ3n) is 4.08. The Kier molecular flexibility index (Phi) is 3.66. The molecule has 17 heavy (non-hydrogen) atoms. The number of hydrogen-bond donors (Lipinski definition) is 3.